The predicted octanol–water partition coefficient (Wildman–Crippen LogP) is 5.46. The number of rotatable bonds is 14. The summed E-state index contributed by atoms with van der Waals surface area (Å²) < 4.78 is 0. The molecule has 1 unspecified atom stereocenters. The normalized spacial score (nSPS) is 12.3. The van der Waals surface area contributed by atoms with Gasteiger partial charge in [-0.3, -0.25) is 4.79 Å². The van der Waals surface area contributed by atoms with Crippen molar-refractivity contribution in [2.75, 3.05) is 7.05 Å². The second-order valence-electron chi connectivity index (χ2n) is 6.19. The van der Waals surface area contributed by atoms with E-state index in [0.717, 1.165) is 6.42 Å². The first-order chi connectivity index (χ1) is 9.72. The molecule has 0 aromatic rings. The number of hydrogen-bond donors (Lipinski definition) is 1. The first-order valence-electron chi connectivity index (χ1n) is 8.94. The van der Waals surface area contributed by atoms with Crippen LogP contribution in [0.15, 0.2) is 0 Å². The van der Waals surface area contributed by atoms with Crippen molar-refractivity contribution in [2.45, 2.75) is 97.3 Å². The van der Waals surface area contributed by atoms with Crippen LogP contribution in [0.1, 0.15) is 97.3 Å². The van der Waals surface area contributed by atoms with Gasteiger partial charge < -0.3 is 5.32 Å². The van der Waals surface area contributed by atoms with E-state index in [-0.39, 0.29) is 11.8 Å². The molecular weight excluding hydrogens is 246 g/mol. The summed E-state index contributed by atoms with van der Waals surface area (Å²) >= 11 is 0. The number of carbonyl (C=O) groups is 1. The summed E-state index contributed by atoms with van der Waals surface area (Å²) in [6.07, 6.45) is 17.6. The van der Waals surface area contributed by atoms with Gasteiger partial charge in [0.25, 0.3) is 0 Å². The summed E-state index contributed by atoms with van der Waals surface area (Å²) in [5, 5.41) is 2.72. The van der Waals surface area contributed by atoms with E-state index in [2.05, 4.69) is 12.2 Å². The highest BCUT2D eigenvalue weighted by molar-refractivity contribution is 5.77. The standard InChI is InChI=1S/C18H37NO/c1-4-5-6-7-8-9-10-11-12-13-14-15-16-17(2)18(20)19-3/h17H,4-16H2,1-3H3,(H,19,20). The average molecular weight is 283 g/mol. The monoisotopic (exact) mass is 283 g/mol. The lowest BCUT2D eigenvalue weighted by Crippen LogP contribution is -2.25. The van der Waals surface area contributed by atoms with Gasteiger partial charge in [-0.25, -0.2) is 0 Å². The van der Waals surface area contributed by atoms with Crippen molar-refractivity contribution in [3.8, 4) is 0 Å². The van der Waals surface area contributed by atoms with Gasteiger partial charge in [0, 0.05) is 13.0 Å². The van der Waals surface area contributed by atoms with E-state index >= 15 is 0 Å². The Hall–Kier alpha value is -0.530. The van der Waals surface area contributed by atoms with Crippen LogP contribution in [0.3, 0.4) is 0 Å². The smallest absolute Gasteiger partial charge is 0.222 e. The van der Waals surface area contributed by atoms with Gasteiger partial charge in [0.1, 0.15) is 0 Å². The lowest BCUT2D eigenvalue weighted by atomic mass is 10.0. The number of unbranched alkanes of at least 4 members (excludes halogenated alkanes) is 11. The van der Waals surface area contributed by atoms with Crippen LogP contribution in [0.2, 0.25) is 0 Å². The SMILES string of the molecule is CCCCCCCCCCCCCCC(C)C(=O)NC. The molecule has 0 spiro atoms. The molecule has 0 fully saturated rings. The van der Waals surface area contributed by atoms with Crippen molar-refractivity contribution in [3.63, 3.8) is 0 Å². The molecule has 0 saturated heterocycles. The highest BCUT2D eigenvalue weighted by Crippen LogP contribution is 2.14. The maximum absolute atomic E-state index is 11.3. The molecule has 20 heavy (non-hydrogen) atoms. The number of nitrogens with one attached hydrogen (secondary N) is 1. The second-order valence-corrected chi connectivity index (χ2v) is 6.19. The van der Waals surface area contributed by atoms with E-state index in [0.29, 0.717) is 0 Å². The molecule has 0 aromatic heterocycles. The third-order valence-corrected chi connectivity index (χ3v) is 4.18. The van der Waals surface area contributed by atoms with Gasteiger partial charge in [-0.2, -0.15) is 0 Å². The van der Waals surface area contributed by atoms with E-state index < -0.39 is 0 Å². The first-order valence-corrected chi connectivity index (χ1v) is 8.94. The lowest BCUT2D eigenvalue weighted by molar-refractivity contribution is -0.124. The van der Waals surface area contributed by atoms with Crippen molar-refractivity contribution < 1.29 is 4.79 Å². The van der Waals surface area contributed by atoms with E-state index in [1.165, 1.54) is 77.0 Å². The van der Waals surface area contributed by atoms with Gasteiger partial charge in [0.05, 0.1) is 0 Å². The van der Waals surface area contributed by atoms with Crippen molar-refractivity contribution in [3.05, 3.63) is 0 Å². The molecule has 1 amide bonds. The van der Waals surface area contributed by atoms with Gasteiger partial charge in [-0.15, -0.1) is 0 Å². The third kappa shape index (κ3) is 12.5. The molecule has 0 aliphatic rings. The molecule has 0 aliphatic carbocycles. The van der Waals surface area contributed by atoms with Gasteiger partial charge in [0.15, 0.2) is 0 Å². The van der Waals surface area contributed by atoms with E-state index in [1.807, 2.05) is 6.92 Å². The van der Waals surface area contributed by atoms with Gasteiger partial charge >= 0.3 is 0 Å². The zero-order chi connectivity index (χ0) is 15.1. The minimum Gasteiger partial charge on any atom is -0.359 e. The predicted molar refractivity (Wildman–Crippen MR) is 88.9 cm³/mol. The number of amides is 1. The Bertz CT molecular complexity index is 215. The zero-order valence-electron chi connectivity index (χ0n) is 14.2. The molecule has 2 nitrogen and oxygen atoms in total. The first kappa shape index (κ1) is 19.5. The van der Waals surface area contributed by atoms with Crippen molar-refractivity contribution in [1.29, 1.82) is 0 Å². The fourth-order valence-electron chi connectivity index (χ4n) is 2.67. The van der Waals surface area contributed by atoms with Crippen LogP contribution in [0.4, 0.5) is 0 Å². The molecule has 0 bridgehead atoms. The average Bonchev–Trinajstić information content (AvgIpc) is 2.47. The Morgan fingerprint density at radius 3 is 1.60 bits per heavy atom. The van der Waals surface area contributed by atoms with Crippen LogP contribution < -0.4 is 5.32 Å². The van der Waals surface area contributed by atoms with Crippen LogP contribution in [-0.4, -0.2) is 13.0 Å². The van der Waals surface area contributed by atoms with Crippen LogP contribution >= 0.6 is 0 Å². The number of carbonyl (C=O) groups excluding carboxylic acids is 1. The number of hydrogen-bond acceptors (Lipinski definition) is 1. The molecule has 0 saturated carbocycles. The lowest BCUT2D eigenvalue weighted by Gasteiger charge is -2.09. The molecule has 120 valence electrons. The zero-order valence-corrected chi connectivity index (χ0v) is 14.2. The maximum atomic E-state index is 11.3. The van der Waals surface area contributed by atoms with Gasteiger partial charge in [0.2, 0.25) is 5.91 Å². The maximum Gasteiger partial charge on any atom is 0.222 e. The summed E-state index contributed by atoms with van der Waals surface area (Å²) in [6, 6.07) is 0. The topological polar surface area (TPSA) is 29.1 Å². The largest absolute Gasteiger partial charge is 0.359 e. The fraction of sp³-hybridized carbons (Fsp3) is 0.944. The highest BCUT2D eigenvalue weighted by atomic mass is 16.1. The van der Waals surface area contributed by atoms with Crippen LogP contribution in [-0.2, 0) is 4.79 Å². The highest BCUT2D eigenvalue weighted by Gasteiger charge is 2.09. The van der Waals surface area contributed by atoms with Gasteiger partial charge in [-0.05, 0) is 6.42 Å². The van der Waals surface area contributed by atoms with E-state index in [4.69, 9.17) is 0 Å². The minimum absolute atomic E-state index is 0.183. The van der Waals surface area contributed by atoms with Crippen LogP contribution in [0, 0.1) is 5.92 Å². The Balaban J connectivity index is 3.11. The molecule has 1 N–H and O–H groups in total. The molecule has 0 radical (unpaired) electrons. The van der Waals surface area contributed by atoms with E-state index in [1.54, 1.807) is 7.05 Å². The fourth-order valence-corrected chi connectivity index (χ4v) is 2.67. The Morgan fingerprint density at radius 2 is 1.20 bits per heavy atom. The molecule has 2 heteroatoms. The quantitative estimate of drug-likeness (QED) is 0.421. The molecule has 0 aliphatic heterocycles. The minimum atomic E-state index is 0.183. The van der Waals surface area contributed by atoms with Crippen LogP contribution in [0.25, 0.3) is 0 Å². The van der Waals surface area contributed by atoms with E-state index in [9.17, 15) is 4.79 Å². The summed E-state index contributed by atoms with van der Waals surface area (Å²) in [4.78, 5) is 11.3. The molecule has 0 aromatic carbocycles. The summed E-state index contributed by atoms with van der Waals surface area (Å²) in [7, 11) is 1.72. The van der Waals surface area contributed by atoms with Crippen LogP contribution in [0.5, 0.6) is 0 Å². The molecule has 0 heterocycles. The molecular formula is C18H37NO. The summed E-state index contributed by atoms with van der Waals surface area (Å²) in [5.74, 6) is 0.371. The van der Waals surface area contributed by atoms with Crippen molar-refractivity contribution >= 4 is 5.91 Å². The van der Waals surface area contributed by atoms with Crippen molar-refractivity contribution in [1.82, 2.24) is 5.32 Å². The second kappa shape index (κ2) is 14.9. The Morgan fingerprint density at radius 1 is 0.800 bits per heavy atom. The van der Waals surface area contributed by atoms with Gasteiger partial charge in [-0.1, -0.05) is 90.9 Å². The Kier molecular flexibility index (Phi) is 14.5. The summed E-state index contributed by atoms with van der Waals surface area (Å²) in [6.45, 7) is 4.30. The third-order valence-electron chi connectivity index (χ3n) is 4.18. The molecule has 0 rings (SSSR count). The van der Waals surface area contributed by atoms with Crippen molar-refractivity contribution in [2.24, 2.45) is 5.92 Å². The Labute approximate surface area is 127 Å². The summed E-state index contributed by atoms with van der Waals surface area (Å²) in [5.41, 5.74) is 0. The molecule has 1 atom stereocenters.